The van der Waals surface area contributed by atoms with Gasteiger partial charge in [0.25, 0.3) is 0 Å². The second kappa shape index (κ2) is 9.53. The predicted octanol–water partition coefficient (Wildman–Crippen LogP) is 8.14. The maximum absolute atomic E-state index is 13.2. The van der Waals surface area contributed by atoms with Crippen LogP contribution in [-0.2, 0) is 11.8 Å². The van der Waals surface area contributed by atoms with E-state index in [2.05, 4.69) is 99.0 Å². The first-order valence-corrected chi connectivity index (χ1v) is 13.3. The van der Waals surface area contributed by atoms with Crippen LogP contribution in [0.5, 0.6) is 0 Å². The second-order valence-corrected chi connectivity index (χ2v) is 11.1. The minimum absolute atomic E-state index is 0.0135. The molecule has 0 heterocycles. The Bertz CT molecular complexity index is 1210. The topological polar surface area (TPSA) is 41.1 Å². The number of fused-ring (bicyclic) bond motifs is 3. The van der Waals surface area contributed by atoms with Gasteiger partial charge in [-0.05, 0) is 70.0 Å². The van der Waals surface area contributed by atoms with E-state index in [1.807, 2.05) is 0 Å². The number of carbonyl (C=O) groups is 1. The van der Waals surface area contributed by atoms with Gasteiger partial charge in [0.15, 0.2) is 0 Å². The Kier molecular flexibility index (Phi) is 6.44. The van der Waals surface area contributed by atoms with E-state index in [-0.39, 0.29) is 11.4 Å². The lowest BCUT2D eigenvalue weighted by molar-refractivity contribution is 0.248. The SMILES string of the molecule is CC(C)c1cccc(C(C)C)c1NC(=O)NCC1(c2ccc3c(c2)Cc2ccccc2-3)CCCC1. The van der Waals surface area contributed by atoms with E-state index in [4.69, 9.17) is 0 Å². The number of nitrogens with one attached hydrogen (secondary N) is 2. The van der Waals surface area contributed by atoms with Crippen molar-refractivity contribution in [3.8, 4) is 11.1 Å². The zero-order valence-electron chi connectivity index (χ0n) is 21.6. The Morgan fingerprint density at radius 2 is 1.49 bits per heavy atom. The molecule has 3 nitrogen and oxygen atoms in total. The normalized spacial score (nSPS) is 15.8. The molecule has 3 aromatic rings. The van der Waals surface area contributed by atoms with Gasteiger partial charge in [0.2, 0.25) is 0 Å². The van der Waals surface area contributed by atoms with Gasteiger partial charge in [-0.25, -0.2) is 4.79 Å². The largest absolute Gasteiger partial charge is 0.337 e. The lowest BCUT2D eigenvalue weighted by Gasteiger charge is -2.31. The summed E-state index contributed by atoms with van der Waals surface area (Å²) < 4.78 is 0. The number of benzene rings is 3. The van der Waals surface area contributed by atoms with Gasteiger partial charge < -0.3 is 10.6 Å². The monoisotopic (exact) mass is 466 g/mol. The number of para-hydroxylation sites is 1. The zero-order chi connectivity index (χ0) is 24.6. The molecule has 1 saturated carbocycles. The fourth-order valence-electron chi connectivity index (χ4n) is 6.20. The summed E-state index contributed by atoms with van der Waals surface area (Å²) in [7, 11) is 0. The third kappa shape index (κ3) is 4.49. The molecule has 2 N–H and O–H groups in total. The highest BCUT2D eigenvalue weighted by Gasteiger charge is 2.37. The third-order valence-electron chi connectivity index (χ3n) is 8.17. The third-order valence-corrected chi connectivity index (χ3v) is 8.17. The van der Waals surface area contributed by atoms with Gasteiger partial charge in [0.1, 0.15) is 0 Å². The Morgan fingerprint density at radius 1 is 0.829 bits per heavy atom. The van der Waals surface area contributed by atoms with Gasteiger partial charge in [-0.3, -0.25) is 0 Å². The summed E-state index contributed by atoms with van der Waals surface area (Å²) in [6.45, 7) is 9.40. The van der Waals surface area contributed by atoms with Crippen LogP contribution in [0.4, 0.5) is 10.5 Å². The molecule has 0 atom stereocenters. The van der Waals surface area contributed by atoms with Gasteiger partial charge in [-0.1, -0.05) is 101 Å². The van der Waals surface area contributed by atoms with Crippen LogP contribution in [0.3, 0.4) is 0 Å². The molecule has 3 heteroatoms. The van der Waals surface area contributed by atoms with Gasteiger partial charge in [-0.15, -0.1) is 0 Å². The molecule has 0 aliphatic heterocycles. The van der Waals surface area contributed by atoms with Crippen molar-refractivity contribution in [2.24, 2.45) is 0 Å². The van der Waals surface area contributed by atoms with Crippen molar-refractivity contribution in [3.63, 3.8) is 0 Å². The maximum atomic E-state index is 13.2. The van der Waals surface area contributed by atoms with Crippen LogP contribution < -0.4 is 10.6 Å². The molecule has 1 fully saturated rings. The molecule has 5 rings (SSSR count). The zero-order valence-corrected chi connectivity index (χ0v) is 21.6. The number of hydrogen-bond donors (Lipinski definition) is 2. The minimum Gasteiger partial charge on any atom is -0.337 e. The molecule has 0 spiro atoms. The number of urea groups is 1. The summed E-state index contributed by atoms with van der Waals surface area (Å²) in [5, 5.41) is 6.52. The van der Waals surface area contributed by atoms with Gasteiger partial charge >= 0.3 is 6.03 Å². The summed E-state index contributed by atoms with van der Waals surface area (Å²) >= 11 is 0. The molecule has 35 heavy (non-hydrogen) atoms. The molecule has 0 radical (unpaired) electrons. The molecule has 0 saturated heterocycles. The number of hydrogen-bond acceptors (Lipinski definition) is 1. The van der Waals surface area contributed by atoms with E-state index in [0.29, 0.717) is 18.4 Å². The Hall–Kier alpha value is -3.07. The molecule has 0 bridgehead atoms. The van der Waals surface area contributed by atoms with Crippen LogP contribution in [0, 0.1) is 0 Å². The summed E-state index contributed by atoms with van der Waals surface area (Å²) in [5.74, 6) is 0.696. The molecule has 2 amide bonds. The smallest absolute Gasteiger partial charge is 0.319 e. The molecule has 2 aliphatic carbocycles. The quantitative estimate of drug-likeness (QED) is 0.296. The molecular weight excluding hydrogens is 428 g/mol. The average molecular weight is 467 g/mol. The first kappa shape index (κ1) is 23.7. The van der Waals surface area contributed by atoms with Crippen molar-refractivity contribution >= 4 is 11.7 Å². The molecule has 2 aliphatic rings. The van der Waals surface area contributed by atoms with Crippen LogP contribution in [0.15, 0.2) is 60.7 Å². The lowest BCUT2D eigenvalue weighted by atomic mass is 9.77. The van der Waals surface area contributed by atoms with Crippen molar-refractivity contribution in [3.05, 3.63) is 88.5 Å². The van der Waals surface area contributed by atoms with Crippen molar-refractivity contribution in [2.75, 3.05) is 11.9 Å². The van der Waals surface area contributed by atoms with E-state index in [1.54, 1.807) is 0 Å². The van der Waals surface area contributed by atoms with Crippen LogP contribution in [0.2, 0.25) is 0 Å². The fraction of sp³-hybridized carbons (Fsp3) is 0.406. The maximum Gasteiger partial charge on any atom is 0.319 e. The van der Waals surface area contributed by atoms with Gasteiger partial charge in [-0.2, -0.15) is 0 Å². The van der Waals surface area contributed by atoms with E-state index >= 15 is 0 Å². The predicted molar refractivity (Wildman–Crippen MR) is 146 cm³/mol. The summed E-state index contributed by atoms with van der Waals surface area (Å²) in [5.41, 5.74) is 10.3. The number of amides is 2. The van der Waals surface area contributed by atoms with Crippen molar-refractivity contribution in [2.45, 2.75) is 77.0 Å². The lowest BCUT2D eigenvalue weighted by Crippen LogP contribution is -2.41. The molecule has 3 aromatic carbocycles. The summed E-state index contributed by atoms with van der Waals surface area (Å²) in [6.07, 6.45) is 5.69. The Morgan fingerprint density at radius 3 is 2.17 bits per heavy atom. The summed E-state index contributed by atoms with van der Waals surface area (Å²) in [6, 6.07) is 22.1. The molecule has 182 valence electrons. The summed E-state index contributed by atoms with van der Waals surface area (Å²) in [4.78, 5) is 13.2. The highest BCUT2D eigenvalue weighted by molar-refractivity contribution is 5.91. The van der Waals surface area contributed by atoms with Crippen molar-refractivity contribution in [1.82, 2.24) is 5.32 Å². The average Bonchev–Trinajstić information content (AvgIpc) is 3.47. The van der Waals surface area contributed by atoms with Crippen molar-refractivity contribution < 1.29 is 4.79 Å². The standard InChI is InChI=1S/C32H38N2O/c1-21(2)26-12-9-13-27(22(3)4)30(26)34-31(35)33-20-32(16-7-8-17-32)25-14-15-29-24(19-25)18-23-10-5-6-11-28(23)29/h5-6,9-15,19,21-22H,7-8,16-18,20H2,1-4H3,(H2,33,34,35). The van der Waals surface area contributed by atoms with Gasteiger partial charge in [0.05, 0.1) is 0 Å². The molecular formula is C32H38N2O. The fourth-order valence-corrected chi connectivity index (χ4v) is 6.20. The van der Waals surface area contributed by atoms with Gasteiger partial charge in [0, 0.05) is 17.6 Å². The van der Waals surface area contributed by atoms with E-state index in [0.717, 1.165) is 24.9 Å². The highest BCUT2D eigenvalue weighted by Crippen LogP contribution is 2.44. The molecule has 0 unspecified atom stereocenters. The van der Waals surface area contributed by atoms with Crippen molar-refractivity contribution in [1.29, 1.82) is 0 Å². The first-order chi connectivity index (χ1) is 16.9. The van der Waals surface area contributed by atoms with Crippen LogP contribution in [0.1, 0.15) is 93.0 Å². The van der Waals surface area contributed by atoms with Crippen LogP contribution in [-0.4, -0.2) is 12.6 Å². The molecule has 0 aromatic heterocycles. The Labute approximate surface area is 210 Å². The van der Waals surface area contributed by atoms with E-state index < -0.39 is 0 Å². The van der Waals surface area contributed by atoms with E-state index in [1.165, 1.54) is 51.8 Å². The number of carbonyl (C=O) groups excluding carboxylic acids is 1. The highest BCUT2D eigenvalue weighted by atomic mass is 16.2. The number of anilines is 1. The first-order valence-electron chi connectivity index (χ1n) is 13.3. The minimum atomic E-state index is -0.0974. The van der Waals surface area contributed by atoms with Crippen LogP contribution >= 0.6 is 0 Å². The van der Waals surface area contributed by atoms with E-state index in [9.17, 15) is 4.79 Å². The Balaban J connectivity index is 1.36. The van der Waals surface area contributed by atoms with Crippen LogP contribution in [0.25, 0.3) is 11.1 Å². The second-order valence-electron chi connectivity index (χ2n) is 11.1. The number of rotatable bonds is 6.